The normalized spacial score (nSPS) is 13.1. The summed E-state index contributed by atoms with van der Waals surface area (Å²) in [6, 6.07) is 0. The fourth-order valence-corrected chi connectivity index (χ4v) is 10.5. The van der Waals surface area contributed by atoms with Crippen molar-refractivity contribution in [3.63, 3.8) is 0 Å². The average molecular weight is 531 g/mol. The van der Waals surface area contributed by atoms with Crippen LogP contribution in [-0.2, 0) is 44.4 Å². The van der Waals surface area contributed by atoms with Crippen molar-refractivity contribution in [1.29, 1.82) is 0 Å². The van der Waals surface area contributed by atoms with Gasteiger partial charge in [0.05, 0.1) is 0 Å². The third kappa shape index (κ3) is 16.9. The third-order valence-electron chi connectivity index (χ3n) is 4.36. The molecular formula is C24H54O7SiTi. The third-order valence-corrected chi connectivity index (χ3v) is 11.3. The van der Waals surface area contributed by atoms with Gasteiger partial charge in [-0.1, -0.05) is 0 Å². The Hall–Kier alpha value is 0.651. The topological polar surface area (TPSA) is 64.6 Å². The van der Waals surface area contributed by atoms with Crippen molar-refractivity contribution >= 4 is 9.05 Å². The van der Waals surface area contributed by atoms with Gasteiger partial charge >= 0.3 is 212 Å². The molecule has 0 N–H and O–H groups in total. The van der Waals surface area contributed by atoms with Crippen LogP contribution < -0.4 is 0 Å². The fraction of sp³-hybridized carbons (Fsp3) is 1.00. The van der Waals surface area contributed by atoms with Crippen LogP contribution in [-0.4, -0.2) is 48.7 Å². The first-order valence-electron chi connectivity index (χ1n) is 13.2. The molecule has 0 radical (unpaired) electrons. The molecule has 0 aromatic rings. The first kappa shape index (κ1) is 33.7. The van der Waals surface area contributed by atoms with Gasteiger partial charge < -0.3 is 0 Å². The van der Waals surface area contributed by atoms with Gasteiger partial charge in [0.2, 0.25) is 0 Å². The summed E-state index contributed by atoms with van der Waals surface area (Å²) >= 11 is -4.27. The number of hydrogen-bond acceptors (Lipinski definition) is 7. The summed E-state index contributed by atoms with van der Waals surface area (Å²) in [5, 5.41) is 0. The zero-order valence-corrected chi connectivity index (χ0v) is 25.6. The van der Waals surface area contributed by atoms with Gasteiger partial charge in [0, 0.05) is 0 Å². The number of hydrogen-bond donors (Lipinski definition) is 0. The molecule has 9 heteroatoms. The zero-order chi connectivity index (χ0) is 25.2. The molecule has 0 aliphatic carbocycles. The number of unbranched alkanes of at least 4 members (excludes halogenated alkanes) is 3. The Balaban J connectivity index is 6.08. The van der Waals surface area contributed by atoms with E-state index in [4.69, 9.17) is 26.2 Å². The quantitative estimate of drug-likeness (QED) is 0.107. The molecule has 0 saturated heterocycles. The van der Waals surface area contributed by atoms with Crippen molar-refractivity contribution in [2.24, 2.45) is 17.8 Å². The monoisotopic (exact) mass is 530 g/mol. The van der Waals surface area contributed by atoms with Gasteiger partial charge in [-0.25, -0.2) is 0 Å². The standard InChI is InChI=1S/C12H27O4Si.3C4H9O.Ti/c1-4-7-10-14-17(13,15-11-8-5-2)16-12-9-6-3;3*1-4(2)3-5;/h4-12H2,1-3H3;3*4H,3H2,1-2H3;/q4*-1;+4. The second-order valence-electron chi connectivity index (χ2n) is 9.82. The zero-order valence-electron chi connectivity index (χ0n) is 23.1. The van der Waals surface area contributed by atoms with E-state index in [9.17, 15) is 0 Å². The van der Waals surface area contributed by atoms with Crippen molar-refractivity contribution in [3.8, 4) is 0 Å². The van der Waals surface area contributed by atoms with Gasteiger partial charge in [0.1, 0.15) is 0 Å². The Bertz CT molecular complexity index is 395. The molecule has 7 nitrogen and oxygen atoms in total. The average Bonchev–Trinajstić information content (AvgIpc) is 2.75. The Morgan fingerprint density at radius 1 is 0.545 bits per heavy atom. The van der Waals surface area contributed by atoms with E-state index in [2.05, 4.69) is 62.3 Å². The molecule has 33 heavy (non-hydrogen) atoms. The Morgan fingerprint density at radius 3 is 1.09 bits per heavy atom. The molecule has 0 heterocycles. The Labute approximate surface area is 211 Å². The molecule has 0 amide bonds. The molecule has 200 valence electrons. The van der Waals surface area contributed by atoms with Crippen LogP contribution in [0.25, 0.3) is 0 Å². The van der Waals surface area contributed by atoms with E-state index in [1.165, 1.54) is 0 Å². The van der Waals surface area contributed by atoms with Gasteiger partial charge in [-0.05, 0) is 0 Å². The van der Waals surface area contributed by atoms with Crippen LogP contribution >= 0.6 is 0 Å². The first-order valence-corrected chi connectivity index (χ1v) is 17.4. The second kappa shape index (κ2) is 19.8. The van der Waals surface area contributed by atoms with E-state index in [0.29, 0.717) is 57.4 Å². The van der Waals surface area contributed by atoms with E-state index in [1.54, 1.807) is 0 Å². The number of rotatable bonds is 23. The molecule has 0 spiro atoms. The SMILES string of the molecule is CCCCO[Si](OCCCC)(OCCCC)[O][Ti]([O]CC(C)C)([O]CC(C)C)[O]CC(C)C. The molecule has 0 fully saturated rings. The maximum atomic E-state index is 6.71. The van der Waals surface area contributed by atoms with Crippen LogP contribution in [0.4, 0.5) is 0 Å². The fourth-order valence-electron chi connectivity index (χ4n) is 2.41. The minimum absolute atomic E-state index is 0.308. The van der Waals surface area contributed by atoms with Gasteiger partial charge in [-0.3, -0.25) is 0 Å². The van der Waals surface area contributed by atoms with Gasteiger partial charge in [-0.2, -0.15) is 0 Å². The molecule has 0 bridgehead atoms. The molecule has 0 saturated carbocycles. The van der Waals surface area contributed by atoms with Gasteiger partial charge in [-0.15, -0.1) is 0 Å². The Kier molecular flexibility index (Phi) is 20.2. The van der Waals surface area contributed by atoms with Crippen molar-refractivity contribution < 1.29 is 44.4 Å². The molecule has 0 atom stereocenters. The first-order chi connectivity index (χ1) is 15.6. The molecular weight excluding hydrogens is 476 g/mol. The van der Waals surface area contributed by atoms with Gasteiger partial charge in [0.25, 0.3) is 0 Å². The second-order valence-corrected chi connectivity index (χ2v) is 15.8. The predicted octanol–water partition coefficient (Wildman–Crippen LogP) is 6.72. The van der Waals surface area contributed by atoms with Gasteiger partial charge in [0.15, 0.2) is 0 Å². The minimum atomic E-state index is -4.27. The molecule has 0 aliphatic rings. The Morgan fingerprint density at radius 2 is 0.848 bits per heavy atom. The van der Waals surface area contributed by atoms with E-state index in [0.717, 1.165) is 38.5 Å². The van der Waals surface area contributed by atoms with E-state index in [-0.39, 0.29) is 0 Å². The van der Waals surface area contributed by atoms with Crippen molar-refractivity contribution in [3.05, 3.63) is 0 Å². The molecule has 0 aromatic carbocycles. The molecule has 0 aromatic heterocycles. The van der Waals surface area contributed by atoms with Crippen LogP contribution in [0.2, 0.25) is 0 Å². The van der Waals surface area contributed by atoms with Crippen LogP contribution in [0.1, 0.15) is 101 Å². The van der Waals surface area contributed by atoms with Crippen molar-refractivity contribution in [2.45, 2.75) is 101 Å². The molecule has 0 aliphatic heterocycles. The summed E-state index contributed by atoms with van der Waals surface area (Å²) in [6.45, 7) is 22.0. The predicted molar refractivity (Wildman–Crippen MR) is 132 cm³/mol. The van der Waals surface area contributed by atoms with Crippen LogP contribution in [0.5, 0.6) is 0 Å². The van der Waals surface area contributed by atoms with E-state index >= 15 is 0 Å². The van der Waals surface area contributed by atoms with Crippen LogP contribution in [0, 0.1) is 17.8 Å². The van der Waals surface area contributed by atoms with Crippen molar-refractivity contribution in [1.82, 2.24) is 0 Å². The van der Waals surface area contributed by atoms with Crippen LogP contribution in [0.15, 0.2) is 0 Å². The van der Waals surface area contributed by atoms with E-state index in [1.807, 2.05) is 0 Å². The molecule has 0 rings (SSSR count). The summed E-state index contributed by atoms with van der Waals surface area (Å²) in [5.41, 5.74) is 0. The summed E-state index contributed by atoms with van der Waals surface area (Å²) in [7, 11) is -3.55. The van der Waals surface area contributed by atoms with E-state index < -0.39 is 27.2 Å². The summed E-state index contributed by atoms with van der Waals surface area (Å²) in [4.78, 5) is 0. The summed E-state index contributed by atoms with van der Waals surface area (Å²) in [6.07, 6.45) is 5.74. The van der Waals surface area contributed by atoms with Crippen LogP contribution in [0.3, 0.4) is 0 Å². The maximum absolute atomic E-state index is 6.71. The summed E-state index contributed by atoms with van der Waals surface area (Å²) in [5.74, 6) is 0.925. The summed E-state index contributed by atoms with van der Waals surface area (Å²) < 4.78 is 44.8. The molecule has 0 unspecified atom stereocenters. The van der Waals surface area contributed by atoms with Crippen molar-refractivity contribution in [2.75, 3.05) is 39.6 Å².